The summed E-state index contributed by atoms with van der Waals surface area (Å²) in [6, 6.07) is 6.34. The molecule has 8 heteroatoms. The Kier molecular flexibility index (Phi) is 4.61. The molecule has 132 valence electrons. The minimum absolute atomic E-state index is 0.0990. The Bertz CT molecular complexity index is 786. The van der Waals surface area contributed by atoms with Gasteiger partial charge in [0.1, 0.15) is 5.69 Å². The van der Waals surface area contributed by atoms with Crippen LogP contribution in [0.25, 0.3) is 0 Å². The molecule has 1 N–H and O–H groups in total. The third kappa shape index (κ3) is 4.07. The molecule has 0 spiro atoms. The summed E-state index contributed by atoms with van der Waals surface area (Å²) >= 11 is 0. The van der Waals surface area contributed by atoms with Crippen LogP contribution in [0.5, 0.6) is 0 Å². The third-order valence-electron chi connectivity index (χ3n) is 3.91. The number of aryl methyl sites for hydroxylation is 1. The van der Waals surface area contributed by atoms with Gasteiger partial charge in [0, 0.05) is 24.5 Å². The van der Waals surface area contributed by atoms with Crippen LogP contribution in [0.2, 0.25) is 0 Å². The molecule has 0 bridgehead atoms. The zero-order valence-electron chi connectivity index (χ0n) is 13.6. The first-order chi connectivity index (χ1) is 11.8. The molecule has 3 rings (SSSR count). The number of hydrogen-bond acceptors (Lipinski definition) is 4. The fraction of sp³-hybridized carbons (Fsp3) is 0.353. The van der Waals surface area contributed by atoms with Gasteiger partial charge >= 0.3 is 6.18 Å². The summed E-state index contributed by atoms with van der Waals surface area (Å²) in [6.07, 6.45) is -2.50. The van der Waals surface area contributed by atoms with Crippen LogP contribution in [-0.2, 0) is 6.18 Å². The lowest BCUT2D eigenvalue weighted by molar-refractivity contribution is -0.137. The molecule has 1 amide bonds. The average molecular weight is 350 g/mol. The third-order valence-corrected chi connectivity index (χ3v) is 3.91. The lowest BCUT2D eigenvalue weighted by Crippen LogP contribution is -2.28. The van der Waals surface area contributed by atoms with E-state index >= 15 is 0 Å². The molecule has 1 aliphatic heterocycles. The Morgan fingerprint density at radius 2 is 1.88 bits per heavy atom. The number of likely N-dealkylation sites (tertiary alicyclic amines) is 1. The molecule has 0 unspecified atom stereocenters. The molecule has 25 heavy (non-hydrogen) atoms. The number of aromatic nitrogens is 2. The van der Waals surface area contributed by atoms with Crippen molar-refractivity contribution in [3.05, 3.63) is 47.3 Å². The number of nitrogens with zero attached hydrogens (tertiary/aromatic N) is 3. The van der Waals surface area contributed by atoms with Crippen molar-refractivity contribution in [2.75, 3.05) is 18.4 Å². The topological polar surface area (TPSA) is 58.1 Å². The molecule has 1 saturated heterocycles. The number of carbonyl (C=O) groups is 1. The van der Waals surface area contributed by atoms with Gasteiger partial charge in [-0.15, -0.1) is 0 Å². The van der Waals surface area contributed by atoms with Crippen LogP contribution in [0.15, 0.2) is 30.3 Å². The minimum atomic E-state index is -4.43. The highest BCUT2D eigenvalue weighted by atomic mass is 19.4. The summed E-state index contributed by atoms with van der Waals surface area (Å²) in [4.78, 5) is 22.5. The molecular weight excluding hydrogens is 333 g/mol. The zero-order valence-corrected chi connectivity index (χ0v) is 13.6. The van der Waals surface area contributed by atoms with Gasteiger partial charge < -0.3 is 10.2 Å². The zero-order chi connectivity index (χ0) is 18.0. The SMILES string of the molecule is Cc1cc(C(=O)N2CCCC2)nc(Nc2cccc(C(F)(F)F)c2)n1. The van der Waals surface area contributed by atoms with Gasteiger partial charge in [-0.2, -0.15) is 13.2 Å². The lowest BCUT2D eigenvalue weighted by Gasteiger charge is -2.15. The molecule has 1 fully saturated rings. The van der Waals surface area contributed by atoms with Crippen molar-refractivity contribution >= 4 is 17.5 Å². The van der Waals surface area contributed by atoms with Crippen molar-refractivity contribution in [3.8, 4) is 0 Å². The van der Waals surface area contributed by atoms with E-state index in [0.29, 0.717) is 18.8 Å². The fourth-order valence-corrected chi connectivity index (χ4v) is 2.72. The van der Waals surface area contributed by atoms with E-state index in [1.54, 1.807) is 17.9 Å². The quantitative estimate of drug-likeness (QED) is 0.915. The molecule has 0 atom stereocenters. The van der Waals surface area contributed by atoms with Gasteiger partial charge in [0.2, 0.25) is 5.95 Å². The molecule has 1 aliphatic rings. The van der Waals surface area contributed by atoms with Crippen molar-refractivity contribution in [1.29, 1.82) is 0 Å². The van der Waals surface area contributed by atoms with Crippen LogP contribution in [-0.4, -0.2) is 33.9 Å². The van der Waals surface area contributed by atoms with Crippen molar-refractivity contribution in [2.45, 2.75) is 25.9 Å². The standard InChI is InChI=1S/C17H17F3N4O/c1-11-9-14(15(25)24-7-2-3-8-24)23-16(21-11)22-13-6-4-5-12(10-13)17(18,19)20/h4-6,9-10H,2-3,7-8H2,1H3,(H,21,22,23). The summed E-state index contributed by atoms with van der Waals surface area (Å²) < 4.78 is 38.4. The van der Waals surface area contributed by atoms with Crippen molar-refractivity contribution in [1.82, 2.24) is 14.9 Å². The second kappa shape index (κ2) is 6.70. The Balaban J connectivity index is 1.84. The van der Waals surface area contributed by atoms with Crippen LogP contribution in [0, 0.1) is 6.92 Å². The van der Waals surface area contributed by atoms with Crippen LogP contribution < -0.4 is 5.32 Å². The van der Waals surface area contributed by atoms with E-state index in [1.165, 1.54) is 12.1 Å². The predicted molar refractivity (Wildman–Crippen MR) is 86.6 cm³/mol. The lowest BCUT2D eigenvalue weighted by atomic mass is 10.2. The van der Waals surface area contributed by atoms with Crippen LogP contribution in [0.1, 0.15) is 34.6 Å². The van der Waals surface area contributed by atoms with Crippen LogP contribution in [0.4, 0.5) is 24.8 Å². The molecule has 2 aromatic rings. The van der Waals surface area contributed by atoms with Gasteiger partial charge in [-0.3, -0.25) is 4.79 Å². The first-order valence-corrected chi connectivity index (χ1v) is 7.92. The smallest absolute Gasteiger partial charge is 0.337 e. The maximum absolute atomic E-state index is 12.8. The van der Waals surface area contributed by atoms with E-state index in [0.717, 1.165) is 25.0 Å². The average Bonchev–Trinajstić information content (AvgIpc) is 3.07. The molecule has 0 saturated carbocycles. The molecule has 0 aliphatic carbocycles. The van der Waals surface area contributed by atoms with Crippen LogP contribution >= 0.6 is 0 Å². The van der Waals surface area contributed by atoms with Gasteiger partial charge in [0.15, 0.2) is 0 Å². The number of amides is 1. The number of rotatable bonds is 3. The van der Waals surface area contributed by atoms with E-state index in [4.69, 9.17) is 0 Å². The molecule has 2 heterocycles. The largest absolute Gasteiger partial charge is 0.416 e. The van der Waals surface area contributed by atoms with E-state index < -0.39 is 11.7 Å². The van der Waals surface area contributed by atoms with Crippen molar-refractivity contribution in [3.63, 3.8) is 0 Å². The maximum Gasteiger partial charge on any atom is 0.416 e. The first-order valence-electron chi connectivity index (χ1n) is 7.92. The monoisotopic (exact) mass is 350 g/mol. The predicted octanol–water partition coefficient (Wildman–Crippen LogP) is 3.78. The van der Waals surface area contributed by atoms with E-state index in [9.17, 15) is 18.0 Å². The fourth-order valence-electron chi connectivity index (χ4n) is 2.72. The van der Waals surface area contributed by atoms with E-state index in [-0.39, 0.29) is 23.2 Å². The number of nitrogens with one attached hydrogen (secondary N) is 1. The number of anilines is 2. The van der Waals surface area contributed by atoms with Crippen molar-refractivity contribution in [2.24, 2.45) is 0 Å². The number of benzene rings is 1. The molecular formula is C17H17F3N4O. The summed E-state index contributed by atoms with van der Waals surface area (Å²) in [5.74, 6) is -0.0861. The number of carbonyl (C=O) groups excluding carboxylic acids is 1. The molecule has 0 radical (unpaired) electrons. The highest BCUT2D eigenvalue weighted by molar-refractivity contribution is 5.92. The second-order valence-corrected chi connectivity index (χ2v) is 5.92. The Morgan fingerprint density at radius 1 is 1.16 bits per heavy atom. The minimum Gasteiger partial charge on any atom is -0.337 e. The van der Waals surface area contributed by atoms with Crippen molar-refractivity contribution < 1.29 is 18.0 Å². The Hall–Kier alpha value is -2.64. The normalized spacial score (nSPS) is 14.6. The van der Waals surface area contributed by atoms with Crippen LogP contribution in [0.3, 0.4) is 0 Å². The Morgan fingerprint density at radius 3 is 2.56 bits per heavy atom. The highest BCUT2D eigenvalue weighted by Gasteiger charge is 2.30. The molecule has 5 nitrogen and oxygen atoms in total. The van der Waals surface area contributed by atoms with Gasteiger partial charge in [0.25, 0.3) is 5.91 Å². The number of alkyl halides is 3. The van der Waals surface area contributed by atoms with Gasteiger partial charge in [-0.1, -0.05) is 6.07 Å². The highest BCUT2D eigenvalue weighted by Crippen LogP contribution is 2.31. The van der Waals surface area contributed by atoms with E-state index in [2.05, 4.69) is 15.3 Å². The molecule has 1 aromatic heterocycles. The number of hydrogen-bond donors (Lipinski definition) is 1. The maximum atomic E-state index is 12.8. The summed E-state index contributed by atoms with van der Waals surface area (Å²) in [7, 11) is 0. The van der Waals surface area contributed by atoms with E-state index in [1.807, 2.05) is 0 Å². The Labute approximate surface area is 142 Å². The molecule has 1 aromatic carbocycles. The number of halogens is 3. The second-order valence-electron chi connectivity index (χ2n) is 5.92. The van der Waals surface area contributed by atoms with Gasteiger partial charge in [-0.05, 0) is 44.0 Å². The van der Waals surface area contributed by atoms with Gasteiger partial charge in [-0.25, -0.2) is 9.97 Å². The summed E-state index contributed by atoms with van der Waals surface area (Å²) in [6.45, 7) is 3.09. The summed E-state index contributed by atoms with van der Waals surface area (Å²) in [5.41, 5.74) is 0.245. The summed E-state index contributed by atoms with van der Waals surface area (Å²) in [5, 5.41) is 2.75. The van der Waals surface area contributed by atoms with Gasteiger partial charge in [0.05, 0.1) is 5.56 Å². The first kappa shape index (κ1) is 17.2.